The highest BCUT2D eigenvalue weighted by atomic mass is 32.2. The van der Waals surface area contributed by atoms with Crippen molar-refractivity contribution in [3.8, 4) is 6.07 Å². The molecule has 0 aliphatic carbocycles. The minimum Gasteiger partial charge on any atom is -0.201 e. The third-order valence-corrected chi connectivity index (χ3v) is 2.63. The van der Waals surface area contributed by atoms with E-state index < -0.39 is 24.0 Å². The van der Waals surface area contributed by atoms with Crippen LogP contribution in [0.4, 0.5) is 0 Å². The van der Waals surface area contributed by atoms with Gasteiger partial charge in [0.25, 0.3) is 10.1 Å². The summed E-state index contributed by atoms with van der Waals surface area (Å²) >= 11 is 0. The van der Waals surface area contributed by atoms with Crippen molar-refractivity contribution in [2.24, 2.45) is 0 Å². The van der Waals surface area contributed by atoms with E-state index >= 15 is 0 Å². The fraction of sp³-hybridized carbons (Fsp3) is 0.800. The van der Waals surface area contributed by atoms with Gasteiger partial charge in [0, 0.05) is 0 Å². The average molecular weight is 226 g/mol. The van der Waals surface area contributed by atoms with Crippen LogP contribution in [0, 0.1) is 11.3 Å². The number of nitrogens with zero attached hydrogens (tertiary/aromatic N) is 1. The Labute approximate surface area is 77.4 Å². The topological polar surface area (TPSA) is 93.5 Å². The molecule has 0 N–H and O–H groups in total. The van der Waals surface area contributed by atoms with Gasteiger partial charge in [0.1, 0.15) is 0 Å². The maximum absolute atomic E-state index is 11.0. The van der Waals surface area contributed by atoms with E-state index in [4.69, 9.17) is 5.26 Å². The third kappa shape index (κ3) is 5.66. The molecule has 0 bridgehead atoms. The second-order valence-corrected chi connectivity index (χ2v) is 4.88. The maximum Gasteiger partial charge on any atom is 0.558 e. The number of nitriles is 1. The van der Waals surface area contributed by atoms with Crippen molar-refractivity contribution in [2.45, 2.75) is 12.8 Å². The summed E-state index contributed by atoms with van der Waals surface area (Å²) in [6.45, 7) is 1.70. The van der Waals surface area contributed by atoms with Gasteiger partial charge in [0.2, 0.25) is 0 Å². The molecule has 0 saturated carbocycles. The standard InChI is InChI=1S/C5H9NO5PS/c1-3-10-12(7)5(4-6)11-13(2,8)9/h5H,3H2,1-2H3/q+1. The summed E-state index contributed by atoms with van der Waals surface area (Å²) in [4.78, 5) is 0. The lowest BCUT2D eigenvalue weighted by Gasteiger charge is -1.96. The van der Waals surface area contributed by atoms with Gasteiger partial charge in [-0.15, -0.1) is 4.52 Å². The summed E-state index contributed by atoms with van der Waals surface area (Å²) in [7, 11) is -6.21. The lowest BCUT2D eigenvalue weighted by atomic mass is 10.8. The highest BCUT2D eigenvalue weighted by Crippen LogP contribution is 2.30. The van der Waals surface area contributed by atoms with E-state index in [-0.39, 0.29) is 6.61 Å². The molecule has 0 heterocycles. The molecule has 2 unspecified atom stereocenters. The third-order valence-electron chi connectivity index (χ3n) is 0.824. The van der Waals surface area contributed by atoms with Crippen LogP contribution in [0.1, 0.15) is 6.92 Å². The van der Waals surface area contributed by atoms with Gasteiger partial charge in [0.15, 0.2) is 6.07 Å². The van der Waals surface area contributed by atoms with Crippen molar-refractivity contribution in [1.82, 2.24) is 0 Å². The summed E-state index contributed by atoms with van der Waals surface area (Å²) < 4.78 is 40.8. The van der Waals surface area contributed by atoms with E-state index in [1.165, 1.54) is 6.07 Å². The van der Waals surface area contributed by atoms with E-state index in [9.17, 15) is 13.0 Å². The summed E-state index contributed by atoms with van der Waals surface area (Å²) in [6.07, 6.45) is 0.770. The molecule has 0 spiro atoms. The molecule has 0 aromatic rings. The van der Waals surface area contributed by atoms with Gasteiger partial charge >= 0.3 is 13.9 Å². The summed E-state index contributed by atoms with van der Waals surface area (Å²) in [6, 6.07) is 1.43. The molecular weight excluding hydrogens is 217 g/mol. The Kier molecular flexibility index (Phi) is 5.03. The van der Waals surface area contributed by atoms with Gasteiger partial charge < -0.3 is 0 Å². The zero-order chi connectivity index (χ0) is 10.5. The SMILES string of the molecule is CCO[P+](=O)C(C#N)OS(C)(=O)=O. The number of hydrogen-bond donors (Lipinski definition) is 0. The molecule has 0 aromatic heterocycles. The Hall–Kier alpha value is -0.540. The van der Waals surface area contributed by atoms with E-state index in [0.29, 0.717) is 0 Å². The highest BCUT2D eigenvalue weighted by Gasteiger charge is 2.36. The smallest absolute Gasteiger partial charge is 0.201 e. The van der Waals surface area contributed by atoms with Crippen molar-refractivity contribution in [3.63, 3.8) is 0 Å². The molecule has 0 radical (unpaired) electrons. The summed E-state index contributed by atoms with van der Waals surface area (Å²) in [5, 5.41) is 8.38. The van der Waals surface area contributed by atoms with Gasteiger partial charge in [-0.05, 0) is 11.5 Å². The lowest BCUT2D eigenvalue weighted by Crippen LogP contribution is -2.12. The van der Waals surface area contributed by atoms with Gasteiger partial charge in [-0.25, -0.2) is 4.18 Å². The van der Waals surface area contributed by atoms with E-state index in [0.717, 1.165) is 6.26 Å². The Balaban J connectivity index is 4.38. The normalized spacial score (nSPS) is 14.7. The minimum atomic E-state index is -3.79. The van der Waals surface area contributed by atoms with Crippen LogP contribution in [0.2, 0.25) is 0 Å². The van der Waals surface area contributed by atoms with Crippen molar-refractivity contribution < 1.29 is 21.7 Å². The zero-order valence-corrected chi connectivity index (χ0v) is 8.84. The van der Waals surface area contributed by atoms with Crippen molar-refractivity contribution in [2.75, 3.05) is 12.9 Å². The molecule has 2 atom stereocenters. The Morgan fingerprint density at radius 3 is 2.46 bits per heavy atom. The van der Waals surface area contributed by atoms with E-state index in [1.807, 2.05) is 0 Å². The lowest BCUT2D eigenvalue weighted by molar-refractivity contribution is 0.281. The van der Waals surface area contributed by atoms with Crippen LogP contribution in [-0.4, -0.2) is 27.1 Å². The Bertz CT molecular complexity index is 318. The molecule has 0 aliphatic rings. The number of rotatable bonds is 5. The largest absolute Gasteiger partial charge is 0.558 e. The van der Waals surface area contributed by atoms with Crippen LogP contribution in [0.15, 0.2) is 0 Å². The van der Waals surface area contributed by atoms with Crippen LogP contribution < -0.4 is 0 Å². The van der Waals surface area contributed by atoms with E-state index in [1.54, 1.807) is 6.92 Å². The summed E-state index contributed by atoms with van der Waals surface area (Å²) in [5.41, 5.74) is 0. The van der Waals surface area contributed by atoms with Crippen LogP contribution in [-0.2, 0) is 23.4 Å². The Morgan fingerprint density at radius 1 is 1.62 bits per heavy atom. The van der Waals surface area contributed by atoms with Crippen molar-refractivity contribution >= 4 is 18.1 Å². The fourth-order valence-electron chi connectivity index (χ4n) is 0.464. The maximum atomic E-state index is 11.0. The van der Waals surface area contributed by atoms with Crippen molar-refractivity contribution in [1.29, 1.82) is 5.26 Å². The van der Waals surface area contributed by atoms with Gasteiger partial charge in [-0.2, -0.15) is 13.7 Å². The van der Waals surface area contributed by atoms with Crippen LogP contribution in [0.25, 0.3) is 0 Å². The highest BCUT2D eigenvalue weighted by molar-refractivity contribution is 7.86. The predicted octanol–water partition coefficient (Wildman–Crippen LogP) is 0.591. The molecule has 6 nitrogen and oxygen atoms in total. The minimum absolute atomic E-state index is 0.126. The van der Waals surface area contributed by atoms with Gasteiger partial charge in [-0.3, -0.25) is 0 Å². The summed E-state index contributed by atoms with van der Waals surface area (Å²) in [5.74, 6) is -1.56. The molecule has 13 heavy (non-hydrogen) atoms. The first-order valence-electron chi connectivity index (χ1n) is 3.28. The molecule has 74 valence electrons. The van der Waals surface area contributed by atoms with Crippen LogP contribution >= 0.6 is 8.03 Å². The first kappa shape index (κ1) is 12.5. The van der Waals surface area contributed by atoms with Crippen LogP contribution in [0.5, 0.6) is 0 Å². The number of hydrogen-bond acceptors (Lipinski definition) is 6. The quantitative estimate of drug-likeness (QED) is 0.503. The predicted molar refractivity (Wildman–Crippen MR) is 44.6 cm³/mol. The molecule has 0 saturated heterocycles. The fourth-order valence-corrected chi connectivity index (χ4v) is 2.07. The first-order chi connectivity index (χ1) is 5.90. The zero-order valence-electron chi connectivity index (χ0n) is 7.13. The average Bonchev–Trinajstić information content (AvgIpc) is 1.99. The first-order valence-corrected chi connectivity index (χ1v) is 6.34. The molecule has 8 heteroatoms. The molecule has 0 fully saturated rings. The second kappa shape index (κ2) is 5.25. The van der Waals surface area contributed by atoms with Gasteiger partial charge in [-0.1, -0.05) is 0 Å². The Morgan fingerprint density at radius 2 is 2.15 bits per heavy atom. The molecule has 0 amide bonds. The molecule has 0 aliphatic heterocycles. The monoisotopic (exact) mass is 226 g/mol. The molecule has 0 rings (SSSR count). The molecular formula is C5H9NO5PS+. The van der Waals surface area contributed by atoms with Gasteiger partial charge in [0.05, 0.1) is 12.9 Å². The van der Waals surface area contributed by atoms with Crippen molar-refractivity contribution in [3.05, 3.63) is 0 Å². The van der Waals surface area contributed by atoms with E-state index in [2.05, 4.69) is 8.71 Å². The second-order valence-electron chi connectivity index (χ2n) is 1.98. The molecule has 0 aromatic carbocycles. The van der Waals surface area contributed by atoms with Crippen LogP contribution in [0.3, 0.4) is 0 Å².